The van der Waals surface area contributed by atoms with E-state index in [1.165, 1.54) is 18.2 Å². The Morgan fingerprint density at radius 3 is 2.77 bits per heavy atom. The van der Waals surface area contributed by atoms with Crippen LogP contribution in [0.25, 0.3) is 0 Å². The fraction of sp³-hybridized carbons (Fsp3) is 0.333. The smallest absolute Gasteiger partial charge is 0.142 e. The molecule has 0 bridgehead atoms. The summed E-state index contributed by atoms with van der Waals surface area (Å²) in [5.74, 6) is 0.120. The third-order valence-electron chi connectivity index (χ3n) is 1.52. The zero-order valence-electron chi connectivity index (χ0n) is 7.42. The molecular formula is C9H12FNO2. The molecule has 4 heteroatoms. The minimum absolute atomic E-state index is 0.302. The van der Waals surface area contributed by atoms with Gasteiger partial charge < -0.3 is 15.2 Å². The Kier molecular flexibility index (Phi) is 3.52. The van der Waals surface area contributed by atoms with E-state index in [0.717, 1.165) is 0 Å². The first-order valence-corrected chi connectivity index (χ1v) is 3.91. The van der Waals surface area contributed by atoms with Crippen LogP contribution in [0.3, 0.4) is 0 Å². The predicted octanol–water partition coefficient (Wildman–Crippen LogP) is 1.43. The number of ether oxygens (including phenoxy) is 2. The van der Waals surface area contributed by atoms with Crippen LogP contribution in [-0.4, -0.2) is 20.3 Å². The largest absolute Gasteiger partial charge is 0.489 e. The molecule has 13 heavy (non-hydrogen) atoms. The SMILES string of the molecule is COCCOc1ccc(F)cc1N. The average molecular weight is 185 g/mol. The quantitative estimate of drug-likeness (QED) is 0.570. The molecule has 0 radical (unpaired) electrons. The first-order chi connectivity index (χ1) is 6.24. The first-order valence-electron chi connectivity index (χ1n) is 3.91. The van der Waals surface area contributed by atoms with Gasteiger partial charge in [-0.25, -0.2) is 4.39 Å². The summed E-state index contributed by atoms with van der Waals surface area (Å²) in [6.07, 6.45) is 0. The molecule has 0 spiro atoms. The van der Waals surface area contributed by atoms with Crippen LogP contribution < -0.4 is 10.5 Å². The average Bonchev–Trinajstić information content (AvgIpc) is 2.09. The third kappa shape index (κ3) is 2.91. The molecule has 3 nitrogen and oxygen atoms in total. The number of hydrogen-bond donors (Lipinski definition) is 1. The van der Waals surface area contributed by atoms with E-state index in [9.17, 15) is 4.39 Å². The van der Waals surface area contributed by atoms with Gasteiger partial charge >= 0.3 is 0 Å². The van der Waals surface area contributed by atoms with Gasteiger partial charge in [-0.05, 0) is 12.1 Å². The van der Waals surface area contributed by atoms with Gasteiger partial charge in [0.05, 0.1) is 12.3 Å². The Morgan fingerprint density at radius 2 is 2.15 bits per heavy atom. The lowest BCUT2D eigenvalue weighted by Gasteiger charge is -2.07. The van der Waals surface area contributed by atoms with Gasteiger partial charge in [0.15, 0.2) is 0 Å². The summed E-state index contributed by atoms with van der Waals surface area (Å²) in [7, 11) is 1.58. The molecule has 0 heterocycles. The molecule has 0 aliphatic heterocycles. The number of hydrogen-bond acceptors (Lipinski definition) is 3. The Bertz CT molecular complexity index is 278. The number of nitrogen functional groups attached to an aromatic ring is 1. The molecular weight excluding hydrogens is 173 g/mol. The maximum atomic E-state index is 12.6. The Labute approximate surface area is 76.3 Å². The normalized spacial score (nSPS) is 10.0. The van der Waals surface area contributed by atoms with Gasteiger partial charge in [0.1, 0.15) is 18.2 Å². The lowest BCUT2D eigenvalue weighted by Crippen LogP contribution is -2.05. The molecule has 1 rings (SSSR count). The fourth-order valence-electron chi connectivity index (χ4n) is 0.886. The molecule has 0 aromatic heterocycles. The number of benzene rings is 1. The number of rotatable bonds is 4. The zero-order chi connectivity index (χ0) is 9.68. The van der Waals surface area contributed by atoms with E-state index in [1.54, 1.807) is 7.11 Å². The van der Waals surface area contributed by atoms with Crippen LogP contribution in [0, 0.1) is 5.82 Å². The van der Waals surface area contributed by atoms with Crippen molar-refractivity contribution in [1.82, 2.24) is 0 Å². The molecule has 0 saturated heterocycles. The zero-order valence-corrected chi connectivity index (χ0v) is 7.42. The van der Waals surface area contributed by atoms with E-state index in [-0.39, 0.29) is 5.82 Å². The van der Waals surface area contributed by atoms with E-state index in [4.69, 9.17) is 15.2 Å². The van der Waals surface area contributed by atoms with Crippen molar-refractivity contribution in [3.05, 3.63) is 24.0 Å². The topological polar surface area (TPSA) is 44.5 Å². The van der Waals surface area contributed by atoms with E-state index in [1.807, 2.05) is 0 Å². The molecule has 1 aromatic carbocycles. The minimum Gasteiger partial charge on any atom is -0.489 e. The summed E-state index contributed by atoms with van der Waals surface area (Å²) < 4.78 is 22.6. The number of anilines is 1. The second kappa shape index (κ2) is 4.67. The summed E-state index contributed by atoms with van der Waals surface area (Å²) >= 11 is 0. The van der Waals surface area contributed by atoms with Crippen molar-refractivity contribution < 1.29 is 13.9 Å². The van der Waals surface area contributed by atoms with Crippen LogP contribution in [-0.2, 0) is 4.74 Å². The summed E-state index contributed by atoms with van der Waals surface area (Å²) in [4.78, 5) is 0. The van der Waals surface area contributed by atoms with Crippen LogP contribution in [0.4, 0.5) is 10.1 Å². The second-order valence-corrected chi connectivity index (χ2v) is 2.52. The van der Waals surface area contributed by atoms with E-state index < -0.39 is 0 Å². The highest BCUT2D eigenvalue weighted by Gasteiger charge is 2.00. The second-order valence-electron chi connectivity index (χ2n) is 2.52. The predicted molar refractivity (Wildman–Crippen MR) is 48.2 cm³/mol. The number of nitrogens with two attached hydrogens (primary N) is 1. The van der Waals surface area contributed by atoms with Crippen LogP contribution in [0.5, 0.6) is 5.75 Å². The first kappa shape index (κ1) is 9.80. The third-order valence-corrected chi connectivity index (χ3v) is 1.52. The Hall–Kier alpha value is -1.29. The lowest BCUT2D eigenvalue weighted by atomic mass is 10.3. The van der Waals surface area contributed by atoms with Gasteiger partial charge in [0, 0.05) is 13.2 Å². The van der Waals surface area contributed by atoms with E-state index in [0.29, 0.717) is 24.7 Å². The summed E-state index contributed by atoms with van der Waals surface area (Å²) in [6, 6.07) is 4.03. The van der Waals surface area contributed by atoms with Crippen LogP contribution in [0.2, 0.25) is 0 Å². The fourth-order valence-corrected chi connectivity index (χ4v) is 0.886. The molecule has 0 fully saturated rings. The van der Waals surface area contributed by atoms with Crippen molar-refractivity contribution in [1.29, 1.82) is 0 Å². The van der Waals surface area contributed by atoms with Crippen molar-refractivity contribution >= 4 is 5.69 Å². The van der Waals surface area contributed by atoms with Crippen molar-refractivity contribution in [3.8, 4) is 5.75 Å². The molecule has 72 valence electrons. The highest BCUT2D eigenvalue weighted by Crippen LogP contribution is 2.21. The molecule has 0 unspecified atom stereocenters. The number of methoxy groups -OCH3 is 1. The van der Waals surface area contributed by atoms with Crippen molar-refractivity contribution in [2.24, 2.45) is 0 Å². The summed E-state index contributed by atoms with van der Waals surface area (Å²) in [5, 5.41) is 0. The van der Waals surface area contributed by atoms with E-state index in [2.05, 4.69) is 0 Å². The number of halogens is 1. The van der Waals surface area contributed by atoms with Gasteiger partial charge in [-0.15, -0.1) is 0 Å². The monoisotopic (exact) mass is 185 g/mol. The van der Waals surface area contributed by atoms with Crippen LogP contribution in [0.1, 0.15) is 0 Å². The van der Waals surface area contributed by atoms with Gasteiger partial charge in [0.2, 0.25) is 0 Å². The Balaban J connectivity index is 2.56. The standard InChI is InChI=1S/C9H12FNO2/c1-12-4-5-13-9-3-2-7(10)6-8(9)11/h2-3,6H,4-5,11H2,1H3. The van der Waals surface area contributed by atoms with Gasteiger partial charge in [0.25, 0.3) is 0 Å². The van der Waals surface area contributed by atoms with Gasteiger partial charge in [-0.1, -0.05) is 0 Å². The molecule has 0 amide bonds. The molecule has 0 atom stereocenters. The molecule has 0 saturated carbocycles. The highest BCUT2D eigenvalue weighted by atomic mass is 19.1. The molecule has 1 aromatic rings. The maximum Gasteiger partial charge on any atom is 0.142 e. The minimum atomic E-state index is -0.364. The van der Waals surface area contributed by atoms with Crippen LogP contribution in [0.15, 0.2) is 18.2 Å². The van der Waals surface area contributed by atoms with Gasteiger partial charge in [-0.2, -0.15) is 0 Å². The van der Waals surface area contributed by atoms with Gasteiger partial charge in [-0.3, -0.25) is 0 Å². The molecule has 0 aliphatic rings. The highest BCUT2D eigenvalue weighted by molar-refractivity contribution is 5.52. The Morgan fingerprint density at radius 1 is 1.38 bits per heavy atom. The summed E-state index contributed by atoms with van der Waals surface area (Å²) in [5.41, 5.74) is 5.80. The van der Waals surface area contributed by atoms with Crippen LogP contribution >= 0.6 is 0 Å². The van der Waals surface area contributed by atoms with E-state index >= 15 is 0 Å². The maximum absolute atomic E-state index is 12.6. The molecule has 0 aliphatic carbocycles. The lowest BCUT2D eigenvalue weighted by molar-refractivity contribution is 0.146. The van der Waals surface area contributed by atoms with Crippen molar-refractivity contribution in [3.63, 3.8) is 0 Å². The van der Waals surface area contributed by atoms with Crippen molar-refractivity contribution in [2.75, 3.05) is 26.1 Å². The molecule has 2 N–H and O–H groups in total. The van der Waals surface area contributed by atoms with Crippen molar-refractivity contribution in [2.45, 2.75) is 0 Å². The summed E-state index contributed by atoms with van der Waals surface area (Å²) in [6.45, 7) is 0.892.